The van der Waals surface area contributed by atoms with Crippen LogP contribution in [0, 0.1) is 0 Å². The summed E-state index contributed by atoms with van der Waals surface area (Å²) in [6.45, 7) is 2.89. The molecule has 30 heavy (non-hydrogen) atoms. The highest BCUT2D eigenvalue weighted by molar-refractivity contribution is 14.0. The summed E-state index contributed by atoms with van der Waals surface area (Å²) in [5.74, 6) is 1.39. The van der Waals surface area contributed by atoms with Crippen molar-refractivity contribution in [2.24, 2.45) is 12.0 Å². The van der Waals surface area contributed by atoms with Crippen molar-refractivity contribution in [3.8, 4) is 5.75 Å². The number of para-hydroxylation sites is 2. The number of hydrogen-bond donors (Lipinski definition) is 1. The monoisotopic (exact) mass is 538 g/mol. The summed E-state index contributed by atoms with van der Waals surface area (Å²) in [6.07, 6.45) is -3.11. The smallest absolute Gasteiger partial charge is 0.435 e. The lowest BCUT2D eigenvalue weighted by Gasteiger charge is -2.38. The molecule has 1 fully saturated rings. The van der Waals surface area contributed by atoms with Gasteiger partial charge in [-0.05, 0) is 12.1 Å². The minimum Gasteiger partial charge on any atom is -0.495 e. The fourth-order valence-electron chi connectivity index (χ4n) is 3.46. The summed E-state index contributed by atoms with van der Waals surface area (Å²) >= 11 is 0. The van der Waals surface area contributed by atoms with Gasteiger partial charge in [0.1, 0.15) is 5.75 Å². The molecule has 0 saturated carbocycles. The molecule has 0 unspecified atom stereocenters. The molecule has 2 heterocycles. The van der Waals surface area contributed by atoms with Crippen LogP contribution in [-0.4, -0.2) is 61.0 Å². The summed E-state index contributed by atoms with van der Waals surface area (Å²) in [5.41, 5.74) is 0.250. The lowest BCUT2D eigenvalue weighted by Crippen LogP contribution is -2.52. The molecule has 166 valence electrons. The van der Waals surface area contributed by atoms with E-state index in [9.17, 15) is 13.2 Å². The van der Waals surface area contributed by atoms with Gasteiger partial charge in [-0.3, -0.25) is 9.67 Å². The van der Waals surface area contributed by atoms with Gasteiger partial charge in [0.15, 0.2) is 11.7 Å². The average Bonchev–Trinajstić information content (AvgIpc) is 3.10. The lowest BCUT2D eigenvalue weighted by molar-refractivity contribution is -0.142. The van der Waals surface area contributed by atoms with Crippen molar-refractivity contribution in [2.75, 3.05) is 45.2 Å². The third-order valence-corrected chi connectivity index (χ3v) is 4.83. The summed E-state index contributed by atoms with van der Waals surface area (Å²) in [7, 11) is 4.75. The zero-order chi connectivity index (χ0) is 21.0. The van der Waals surface area contributed by atoms with Crippen LogP contribution in [0.15, 0.2) is 35.5 Å². The average molecular weight is 538 g/mol. The van der Waals surface area contributed by atoms with Gasteiger partial charge in [0, 0.05) is 58.6 Å². The zero-order valence-corrected chi connectivity index (χ0v) is 19.4. The first-order valence-corrected chi connectivity index (χ1v) is 9.26. The van der Waals surface area contributed by atoms with Gasteiger partial charge in [-0.25, -0.2) is 0 Å². The predicted octanol–water partition coefficient (Wildman–Crippen LogP) is 2.96. The number of methoxy groups -OCH3 is 1. The number of nitrogens with one attached hydrogen (secondary N) is 1. The van der Waals surface area contributed by atoms with Crippen LogP contribution in [0.3, 0.4) is 0 Å². The number of benzene rings is 1. The van der Waals surface area contributed by atoms with Crippen molar-refractivity contribution in [1.29, 1.82) is 0 Å². The van der Waals surface area contributed by atoms with Crippen LogP contribution < -0.4 is 15.0 Å². The Hall–Kier alpha value is -2.18. The number of aryl methyl sites for hydroxylation is 1. The predicted molar refractivity (Wildman–Crippen MR) is 121 cm³/mol. The van der Waals surface area contributed by atoms with Gasteiger partial charge in [-0.15, -0.1) is 24.0 Å². The summed E-state index contributed by atoms with van der Waals surface area (Å²) in [6, 6.07) is 7.84. The third kappa shape index (κ3) is 5.49. The molecule has 0 aliphatic carbocycles. The fourth-order valence-corrected chi connectivity index (χ4v) is 3.46. The van der Waals surface area contributed by atoms with Crippen LogP contribution in [0.2, 0.25) is 0 Å². The number of rotatable bonds is 4. The Morgan fingerprint density at radius 2 is 1.87 bits per heavy atom. The van der Waals surface area contributed by atoms with Crippen LogP contribution in [0.4, 0.5) is 18.9 Å². The van der Waals surface area contributed by atoms with E-state index in [-0.39, 0.29) is 36.1 Å². The zero-order valence-electron chi connectivity index (χ0n) is 17.1. The molecule has 0 radical (unpaired) electrons. The van der Waals surface area contributed by atoms with E-state index in [0.717, 1.165) is 24.5 Å². The highest BCUT2D eigenvalue weighted by Gasteiger charge is 2.37. The lowest BCUT2D eigenvalue weighted by atomic mass is 10.2. The van der Waals surface area contributed by atoms with Gasteiger partial charge in [0.05, 0.1) is 12.8 Å². The van der Waals surface area contributed by atoms with E-state index in [4.69, 9.17) is 4.74 Å². The first-order chi connectivity index (χ1) is 13.8. The van der Waals surface area contributed by atoms with E-state index in [0.29, 0.717) is 19.0 Å². The number of piperazine rings is 1. The Bertz CT molecular complexity index is 862. The normalized spacial score (nSPS) is 15.1. The Labute approximate surface area is 190 Å². The number of ether oxygens (including phenoxy) is 1. The van der Waals surface area contributed by atoms with E-state index < -0.39 is 11.9 Å². The van der Waals surface area contributed by atoms with Crippen LogP contribution in [-0.2, 0) is 19.8 Å². The van der Waals surface area contributed by atoms with Crippen LogP contribution >= 0.6 is 24.0 Å². The second-order valence-corrected chi connectivity index (χ2v) is 6.72. The summed E-state index contributed by atoms with van der Waals surface area (Å²) in [4.78, 5) is 8.50. The van der Waals surface area contributed by atoms with E-state index in [1.807, 2.05) is 29.2 Å². The molecule has 1 aromatic heterocycles. The molecule has 0 bridgehead atoms. The Balaban J connectivity index is 0.00000320. The molecule has 1 aromatic carbocycles. The third-order valence-electron chi connectivity index (χ3n) is 4.83. The second kappa shape index (κ2) is 10.2. The number of anilines is 1. The minimum absolute atomic E-state index is 0. The quantitative estimate of drug-likeness (QED) is 0.369. The van der Waals surface area contributed by atoms with Crippen molar-refractivity contribution < 1.29 is 17.9 Å². The van der Waals surface area contributed by atoms with E-state index in [2.05, 4.69) is 20.3 Å². The number of guanidine groups is 1. The number of aromatic nitrogens is 2. The highest BCUT2D eigenvalue weighted by atomic mass is 127. The molecular weight excluding hydrogens is 512 g/mol. The molecule has 1 aliphatic heterocycles. The van der Waals surface area contributed by atoms with Crippen molar-refractivity contribution in [2.45, 2.75) is 12.7 Å². The molecule has 7 nitrogen and oxygen atoms in total. The van der Waals surface area contributed by atoms with Crippen molar-refractivity contribution in [1.82, 2.24) is 20.0 Å². The minimum atomic E-state index is -4.48. The Morgan fingerprint density at radius 3 is 2.47 bits per heavy atom. The number of alkyl halides is 3. The Morgan fingerprint density at radius 1 is 1.20 bits per heavy atom. The summed E-state index contributed by atoms with van der Waals surface area (Å²) < 4.78 is 46.0. The van der Waals surface area contributed by atoms with Crippen molar-refractivity contribution in [3.63, 3.8) is 0 Å². The van der Waals surface area contributed by atoms with E-state index in [1.54, 1.807) is 14.2 Å². The number of halogens is 4. The Kier molecular flexibility index (Phi) is 8.21. The second-order valence-electron chi connectivity index (χ2n) is 6.72. The van der Waals surface area contributed by atoms with Gasteiger partial charge in [-0.2, -0.15) is 18.3 Å². The highest BCUT2D eigenvalue weighted by Crippen LogP contribution is 2.31. The standard InChI is InChI=1S/C19H25F3N6O.HI/c1-23-18(24-12-14-13-26(2)25-17(14)19(20,21)22)28-10-8-27(9-11-28)15-6-4-5-7-16(15)29-3;/h4-7,13H,8-12H2,1-3H3,(H,23,24);1H. The van der Waals surface area contributed by atoms with Crippen LogP contribution in [0.1, 0.15) is 11.3 Å². The first kappa shape index (κ1) is 24.1. The van der Waals surface area contributed by atoms with Crippen molar-refractivity contribution >= 4 is 35.6 Å². The molecule has 11 heteroatoms. The molecule has 1 aliphatic rings. The number of nitrogens with zero attached hydrogens (tertiary/aromatic N) is 5. The molecule has 1 saturated heterocycles. The maximum atomic E-state index is 13.1. The number of hydrogen-bond acceptors (Lipinski definition) is 4. The van der Waals surface area contributed by atoms with E-state index >= 15 is 0 Å². The summed E-state index contributed by atoms with van der Waals surface area (Å²) in [5, 5.41) is 6.58. The van der Waals surface area contributed by atoms with Gasteiger partial charge < -0.3 is 19.9 Å². The van der Waals surface area contributed by atoms with Gasteiger partial charge in [0.25, 0.3) is 0 Å². The molecule has 1 N–H and O–H groups in total. The fraction of sp³-hybridized carbons (Fsp3) is 0.474. The molecule has 0 spiro atoms. The molecular formula is C19H26F3IN6O. The number of aliphatic imine (C=N–C) groups is 1. The molecule has 3 rings (SSSR count). The van der Waals surface area contributed by atoms with Crippen LogP contribution in [0.5, 0.6) is 5.75 Å². The molecule has 2 aromatic rings. The van der Waals surface area contributed by atoms with Crippen LogP contribution in [0.25, 0.3) is 0 Å². The van der Waals surface area contributed by atoms with Crippen molar-refractivity contribution in [3.05, 3.63) is 41.7 Å². The maximum absolute atomic E-state index is 13.1. The van der Waals surface area contributed by atoms with E-state index in [1.165, 1.54) is 17.9 Å². The topological polar surface area (TPSA) is 57.9 Å². The van der Waals surface area contributed by atoms with Gasteiger partial charge in [-0.1, -0.05) is 12.1 Å². The molecule has 0 amide bonds. The van der Waals surface area contributed by atoms with Gasteiger partial charge in [0.2, 0.25) is 0 Å². The maximum Gasteiger partial charge on any atom is 0.435 e. The first-order valence-electron chi connectivity index (χ1n) is 9.26. The SMILES string of the molecule is CN=C(NCc1cn(C)nc1C(F)(F)F)N1CCN(c2ccccc2OC)CC1.I. The molecule has 0 atom stereocenters. The van der Waals surface area contributed by atoms with Gasteiger partial charge >= 0.3 is 6.18 Å². The largest absolute Gasteiger partial charge is 0.495 e.